The van der Waals surface area contributed by atoms with Gasteiger partial charge in [0.25, 0.3) is 0 Å². The molecule has 10 heteroatoms. The third-order valence-electron chi connectivity index (χ3n) is 3.87. The normalized spacial score (nSPS) is 21.9. The van der Waals surface area contributed by atoms with Gasteiger partial charge >= 0.3 is 11.8 Å². The van der Waals surface area contributed by atoms with Gasteiger partial charge in [0.05, 0.1) is 12.2 Å². The summed E-state index contributed by atoms with van der Waals surface area (Å²) in [6, 6.07) is 9.11. The molecule has 1 aromatic heterocycles. The summed E-state index contributed by atoms with van der Waals surface area (Å²) in [7, 11) is 0. The number of rotatable bonds is 7. The van der Waals surface area contributed by atoms with E-state index >= 15 is 4.39 Å². The Morgan fingerprint density at radius 2 is 2.15 bits per heavy atom. The van der Waals surface area contributed by atoms with E-state index in [9.17, 15) is 9.90 Å². The molecule has 0 spiro atoms. The van der Waals surface area contributed by atoms with E-state index in [2.05, 4.69) is 10.3 Å². The van der Waals surface area contributed by atoms with Gasteiger partial charge in [0, 0.05) is 11.9 Å². The molecule has 3 rings (SSSR count). The molecule has 2 heterocycles. The van der Waals surface area contributed by atoms with Crippen molar-refractivity contribution in [1.29, 1.82) is 0 Å². The summed E-state index contributed by atoms with van der Waals surface area (Å²) >= 11 is 1.94. The van der Waals surface area contributed by atoms with Crippen LogP contribution in [-0.4, -0.2) is 46.3 Å². The van der Waals surface area contributed by atoms with Crippen molar-refractivity contribution in [2.75, 3.05) is 18.5 Å². The van der Waals surface area contributed by atoms with Gasteiger partial charge < -0.3 is 20.3 Å². The lowest BCUT2D eigenvalue weighted by Crippen LogP contribution is -2.51. The van der Waals surface area contributed by atoms with Crippen molar-refractivity contribution in [3.8, 4) is 5.75 Å². The van der Waals surface area contributed by atoms with Crippen LogP contribution in [0.4, 0.5) is 10.1 Å². The van der Waals surface area contributed by atoms with Crippen molar-refractivity contribution in [2.24, 2.45) is 0 Å². The number of halogens is 2. The Bertz CT molecular complexity index is 812. The molecule has 0 saturated heterocycles. The van der Waals surface area contributed by atoms with Gasteiger partial charge in [0.15, 0.2) is 0 Å². The van der Waals surface area contributed by atoms with E-state index in [0.29, 0.717) is 15.0 Å². The van der Waals surface area contributed by atoms with Crippen molar-refractivity contribution >= 4 is 34.2 Å². The fraction of sp³-hybridized carbons (Fsp3) is 0.294. The minimum absolute atomic E-state index is 0.191. The number of hydroxylamine groups is 1. The van der Waals surface area contributed by atoms with Crippen molar-refractivity contribution in [3.05, 3.63) is 51.9 Å². The van der Waals surface area contributed by atoms with Crippen molar-refractivity contribution < 1.29 is 29.0 Å². The number of nitrogens with one attached hydrogen (secondary N) is 2. The van der Waals surface area contributed by atoms with E-state index in [1.807, 2.05) is 34.1 Å². The van der Waals surface area contributed by atoms with Crippen LogP contribution in [0.25, 0.3) is 0 Å². The topological polar surface area (TPSA) is 113 Å². The van der Waals surface area contributed by atoms with Crippen molar-refractivity contribution in [1.82, 2.24) is 10.5 Å². The molecule has 2 aromatic rings. The molecule has 8 nitrogen and oxygen atoms in total. The summed E-state index contributed by atoms with van der Waals surface area (Å²) in [4.78, 5) is 21.4. The monoisotopic (exact) mass is 489 g/mol. The Morgan fingerprint density at radius 3 is 2.85 bits per heavy atom. The Labute approximate surface area is 167 Å². The molecular weight excluding hydrogens is 472 g/mol. The minimum atomic E-state index is -2.81. The largest absolute Gasteiger partial charge is 0.447 e. The number of aromatic nitrogens is 1. The predicted octanol–water partition coefficient (Wildman–Crippen LogP) is 1.30. The molecule has 2 unspecified atom stereocenters. The molecule has 0 radical (unpaired) electrons. The number of amides is 1. The molecule has 0 aliphatic carbocycles. The number of fused-ring (bicyclic) bond motifs is 1. The van der Waals surface area contributed by atoms with E-state index in [-0.39, 0.29) is 5.75 Å². The number of alkyl halides is 1. The lowest BCUT2D eigenvalue weighted by atomic mass is 10.0. The van der Waals surface area contributed by atoms with Gasteiger partial charge in [-0.25, -0.2) is 10.5 Å². The predicted molar refractivity (Wildman–Crippen MR) is 101 cm³/mol. The van der Waals surface area contributed by atoms with Crippen molar-refractivity contribution in [2.45, 2.75) is 18.0 Å². The smallest absolute Gasteiger partial charge is 0.353 e. The summed E-state index contributed by atoms with van der Waals surface area (Å²) in [5.74, 6) is -3.81. The van der Waals surface area contributed by atoms with Gasteiger partial charge in [-0.2, -0.15) is 4.39 Å². The Kier molecular flexibility index (Phi) is 6.09. The molecule has 3 atom stereocenters. The highest BCUT2D eigenvalue weighted by atomic mass is 127. The first-order valence-corrected chi connectivity index (χ1v) is 9.08. The number of nitrogens with zero attached hydrogens (tertiary/aromatic N) is 1. The quantitative estimate of drug-likeness (QED) is 0.264. The zero-order chi connectivity index (χ0) is 19.4. The van der Waals surface area contributed by atoms with Crippen LogP contribution in [0.2, 0.25) is 0 Å². The summed E-state index contributed by atoms with van der Waals surface area (Å²) in [5.41, 5.74) is 2.93. The minimum Gasteiger partial charge on any atom is -0.447 e. The first-order valence-electron chi connectivity index (χ1n) is 8.00. The van der Waals surface area contributed by atoms with E-state index in [1.165, 1.54) is 12.3 Å². The number of aliphatic hydroxyl groups excluding tert-OH is 2. The lowest BCUT2D eigenvalue weighted by Gasteiger charge is -2.26. The van der Waals surface area contributed by atoms with Gasteiger partial charge in [-0.1, -0.05) is 18.2 Å². The Morgan fingerprint density at radius 1 is 1.41 bits per heavy atom. The maximum Gasteiger partial charge on any atom is 0.353 e. The number of ether oxygens (including phenoxy) is 1. The molecule has 27 heavy (non-hydrogen) atoms. The van der Waals surface area contributed by atoms with Gasteiger partial charge in [0.2, 0.25) is 0 Å². The van der Waals surface area contributed by atoms with Gasteiger partial charge in [0.1, 0.15) is 28.2 Å². The number of aliphatic hydroxyl groups is 2. The van der Waals surface area contributed by atoms with Gasteiger partial charge in [-0.3, -0.25) is 9.63 Å². The maximum atomic E-state index is 15.7. The van der Waals surface area contributed by atoms with Crippen LogP contribution in [-0.2, 0) is 9.63 Å². The highest BCUT2D eigenvalue weighted by Crippen LogP contribution is 2.47. The zero-order valence-electron chi connectivity index (χ0n) is 13.9. The van der Waals surface area contributed by atoms with E-state index in [1.54, 1.807) is 24.3 Å². The van der Waals surface area contributed by atoms with Crippen molar-refractivity contribution in [3.63, 3.8) is 0 Å². The molecule has 0 fully saturated rings. The van der Waals surface area contributed by atoms with Crippen LogP contribution in [0.5, 0.6) is 5.75 Å². The second-order valence-corrected chi connectivity index (χ2v) is 6.80. The third kappa shape index (κ3) is 4.13. The molecule has 4 N–H and O–H groups in total. The molecular formula is C17H17FIN3O5. The highest BCUT2D eigenvalue weighted by Gasteiger charge is 2.57. The zero-order valence-corrected chi connectivity index (χ0v) is 16.1. The Balaban J connectivity index is 1.86. The van der Waals surface area contributed by atoms with Crippen LogP contribution in [0.1, 0.15) is 11.6 Å². The number of pyridine rings is 1. The summed E-state index contributed by atoms with van der Waals surface area (Å²) in [5, 5.41) is 21.0. The van der Waals surface area contributed by atoms with E-state index in [0.717, 1.165) is 0 Å². The van der Waals surface area contributed by atoms with E-state index < -0.39 is 37.1 Å². The summed E-state index contributed by atoms with van der Waals surface area (Å²) in [6.07, 6.45) is 0.253. The number of carbonyl (C=O) groups is 1. The summed E-state index contributed by atoms with van der Waals surface area (Å²) < 4.78 is 21.5. The highest BCUT2D eigenvalue weighted by molar-refractivity contribution is 14.1. The van der Waals surface area contributed by atoms with Crippen LogP contribution >= 0.6 is 22.6 Å². The van der Waals surface area contributed by atoms with Gasteiger partial charge in [-0.05, 0) is 40.8 Å². The number of hydrogen-bond donors (Lipinski definition) is 4. The average molecular weight is 489 g/mol. The van der Waals surface area contributed by atoms with Gasteiger partial charge in [-0.15, -0.1) is 0 Å². The molecule has 144 valence electrons. The molecule has 1 aliphatic heterocycles. The fourth-order valence-corrected chi connectivity index (χ4v) is 3.29. The molecule has 0 bridgehead atoms. The number of hydrogen-bond acceptors (Lipinski definition) is 7. The standard InChI is InChI=1S/C17H17FIN3O5/c18-17(16(25)22-26-9-11(24)8-23)14(21-10-4-2-1-3-5-10)13-12(27-17)6-7-20-15(13)19/h1-7,11,14,21,23-24H,8-9H2,(H,22,25)/t11-,14?,17?/m1/s1. The third-order valence-corrected chi connectivity index (χ3v) is 4.73. The van der Waals surface area contributed by atoms with Crippen LogP contribution in [0, 0.1) is 3.70 Å². The van der Waals surface area contributed by atoms with Crippen LogP contribution in [0.15, 0.2) is 42.6 Å². The first-order chi connectivity index (χ1) is 13.0. The molecule has 0 saturated carbocycles. The molecule has 1 aromatic carbocycles. The number of benzene rings is 1. The van der Waals surface area contributed by atoms with Crippen LogP contribution < -0.4 is 15.5 Å². The van der Waals surface area contributed by atoms with E-state index in [4.69, 9.17) is 14.7 Å². The molecule has 1 aliphatic rings. The number of para-hydroxylation sites is 1. The lowest BCUT2D eigenvalue weighted by molar-refractivity contribution is -0.169. The fourth-order valence-electron chi connectivity index (χ4n) is 2.56. The Hall–Kier alpha value is -2.02. The number of carbonyl (C=O) groups excluding carboxylic acids is 1. The summed E-state index contributed by atoms with van der Waals surface area (Å²) in [6.45, 7) is -0.957. The second kappa shape index (κ2) is 8.33. The SMILES string of the molecule is O=C(NOC[C@H](O)CO)C1(F)Oc2ccnc(I)c2C1Nc1ccccc1. The maximum absolute atomic E-state index is 15.7. The number of anilines is 1. The average Bonchev–Trinajstić information content (AvgIpc) is 2.96. The molecule has 1 amide bonds. The van der Waals surface area contributed by atoms with Crippen LogP contribution in [0.3, 0.4) is 0 Å². The second-order valence-electron chi connectivity index (χ2n) is 5.78. The first kappa shape index (κ1) is 19.7.